The first-order chi connectivity index (χ1) is 19.1. The van der Waals surface area contributed by atoms with Crippen LogP contribution in [-0.4, -0.2) is 49.0 Å². The van der Waals surface area contributed by atoms with Crippen LogP contribution in [-0.2, 0) is 33.3 Å². The van der Waals surface area contributed by atoms with Gasteiger partial charge in [-0.15, -0.1) is 0 Å². The fourth-order valence-corrected chi connectivity index (χ4v) is 8.13. The van der Waals surface area contributed by atoms with Crippen molar-refractivity contribution < 1.29 is 18.3 Å². The van der Waals surface area contributed by atoms with E-state index in [2.05, 4.69) is 54.4 Å². The first kappa shape index (κ1) is 32.2. The van der Waals surface area contributed by atoms with E-state index in [1.165, 1.54) is 43.4 Å². The summed E-state index contributed by atoms with van der Waals surface area (Å²) in [6.45, 7) is 17.4. The standard InChI is InChI=1S/C33H53N3O4S/c1-24-27(21-34-23-33(37)15-17-40-18-16-33)20-29(36(24)22-25-11-9-8-10-12-25)26-13-14-30(28(19-26)31(2,3)4)41(38,39)35-32(5,6)7/h13-14,19-20,25,34-35,37H,8-12,15-18,21-23H2,1-7H3. The lowest BCUT2D eigenvalue weighted by atomic mass is 9.85. The molecular weight excluding hydrogens is 534 g/mol. The number of rotatable bonds is 9. The van der Waals surface area contributed by atoms with Gasteiger partial charge in [-0.2, -0.15) is 0 Å². The molecule has 41 heavy (non-hydrogen) atoms. The molecule has 0 atom stereocenters. The van der Waals surface area contributed by atoms with Crippen molar-refractivity contribution in [2.24, 2.45) is 5.92 Å². The number of sulfonamides is 1. The third kappa shape index (κ3) is 8.23. The van der Waals surface area contributed by atoms with E-state index in [-0.39, 0.29) is 5.41 Å². The zero-order valence-corrected chi connectivity index (χ0v) is 27.2. The molecule has 0 bridgehead atoms. The maximum Gasteiger partial charge on any atom is 0.241 e. The number of aliphatic hydroxyl groups is 1. The lowest BCUT2D eigenvalue weighted by Gasteiger charge is -2.32. The van der Waals surface area contributed by atoms with Crippen molar-refractivity contribution in [3.63, 3.8) is 0 Å². The molecule has 1 aliphatic heterocycles. The Morgan fingerprint density at radius 1 is 1.02 bits per heavy atom. The highest BCUT2D eigenvalue weighted by atomic mass is 32.2. The topological polar surface area (TPSA) is 92.6 Å². The van der Waals surface area contributed by atoms with Gasteiger partial charge in [0.05, 0.1) is 10.5 Å². The molecule has 2 heterocycles. The summed E-state index contributed by atoms with van der Waals surface area (Å²) in [5, 5.41) is 14.5. The number of aromatic nitrogens is 1. The number of nitrogens with zero attached hydrogens (tertiary/aromatic N) is 1. The average molecular weight is 588 g/mol. The smallest absolute Gasteiger partial charge is 0.241 e. The van der Waals surface area contributed by atoms with Crippen molar-refractivity contribution in [2.45, 2.75) is 128 Å². The van der Waals surface area contributed by atoms with E-state index in [1.54, 1.807) is 6.07 Å². The molecule has 4 rings (SSSR count). The van der Waals surface area contributed by atoms with E-state index in [0.29, 0.717) is 50.0 Å². The Morgan fingerprint density at radius 3 is 2.29 bits per heavy atom. The highest BCUT2D eigenvalue weighted by Gasteiger charge is 2.31. The summed E-state index contributed by atoms with van der Waals surface area (Å²) in [7, 11) is -3.69. The van der Waals surface area contributed by atoms with Gasteiger partial charge in [-0.05, 0) is 86.8 Å². The summed E-state index contributed by atoms with van der Waals surface area (Å²) >= 11 is 0. The molecule has 3 N–H and O–H groups in total. The molecule has 0 unspecified atom stereocenters. The van der Waals surface area contributed by atoms with E-state index in [9.17, 15) is 13.5 Å². The molecule has 2 aliphatic rings. The predicted molar refractivity (Wildman–Crippen MR) is 167 cm³/mol. The highest BCUT2D eigenvalue weighted by molar-refractivity contribution is 7.89. The van der Waals surface area contributed by atoms with Crippen LogP contribution < -0.4 is 10.0 Å². The molecule has 0 spiro atoms. The predicted octanol–water partition coefficient (Wildman–Crippen LogP) is 6.05. The van der Waals surface area contributed by atoms with Gasteiger partial charge in [0.1, 0.15) is 0 Å². The molecule has 230 valence electrons. The third-order valence-corrected chi connectivity index (χ3v) is 10.5. The van der Waals surface area contributed by atoms with Crippen LogP contribution in [0.25, 0.3) is 11.3 Å². The summed E-state index contributed by atoms with van der Waals surface area (Å²) in [6.07, 6.45) is 7.72. The second kappa shape index (κ2) is 12.5. The van der Waals surface area contributed by atoms with Gasteiger partial charge in [-0.25, -0.2) is 13.1 Å². The van der Waals surface area contributed by atoms with E-state index >= 15 is 0 Å². The molecule has 1 saturated carbocycles. The summed E-state index contributed by atoms with van der Waals surface area (Å²) in [5.74, 6) is 0.648. The lowest BCUT2D eigenvalue weighted by molar-refractivity contribution is -0.0617. The quantitative estimate of drug-likeness (QED) is 0.332. The van der Waals surface area contributed by atoms with Crippen LogP contribution in [0.1, 0.15) is 103 Å². The van der Waals surface area contributed by atoms with Gasteiger partial charge in [-0.3, -0.25) is 0 Å². The molecule has 0 amide bonds. The van der Waals surface area contributed by atoms with Gasteiger partial charge >= 0.3 is 0 Å². The van der Waals surface area contributed by atoms with Gasteiger partial charge < -0.3 is 19.7 Å². The molecule has 8 heteroatoms. The molecule has 1 saturated heterocycles. The normalized spacial score (nSPS) is 19.0. The van der Waals surface area contributed by atoms with Gasteiger partial charge in [0.15, 0.2) is 0 Å². The maximum absolute atomic E-state index is 13.5. The van der Waals surface area contributed by atoms with Crippen molar-refractivity contribution in [1.82, 2.24) is 14.6 Å². The molecule has 1 aromatic carbocycles. The lowest BCUT2D eigenvalue weighted by Crippen LogP contribution is -2.44. The molecule has 1 aliphatic carbocycles. The van der Waals surface area contributed by atoms with Gasteiger partial charge in [0, 0.05) is 62.6 Å². The van der Waals surface area contributed by atoms with Crippen LogP contribution >= 0.6 is 0 Å². The fraction of sp³-hybridized carbons (Fsp3) is 0.697. The number of ether oxygens (including phenoxy) is 1. The Balaban J connectivity index is 1.71. The Morgan fingerprint density at radius 2 is 1.68 bits per heavy atom. The average Bonchev–Trinajstić information content (AvgIpc) is 3.17. The minimum atomic E-state index is -3.69. The van der Waals surface area contributed by atoms with E-state index in [4.69, 9.17) is 4.74 Å². The zero-order valence-electron chi connectivity index (χ0n) is 26.4. The van der Waals surface area contributed by atoms with Crippen molar-refractivity contribution in [2.75, 3.05) is 19.8 Å². The fourth-order valence-electron chi connectivity index (χ4n) is 6.31. The summed E-state index contributed by atoms with van der Waals surface area (Å²) in [6, 6.07) is 8.12. The number of benzene rings is 1. The van der Waals surface area contributed by atoms with Crippen molar-refractivity contribution in [3.8, 4) is 11.3 Å². The van der Waals surface area contributed by atoms with E-state index in [1.807, 2.05) is 26.8 Å². The molecule has 2 fully saturated rings. The Bertz CT molecular complexity index is 1290. The first-order valence-corrected chi connectivity index (χ1v) is 17.0. The van der Waals surface area contributed by atoms with Gasteiger partial charge in [0.2, 0.25) is 10.0 Å². The Hall–Kier alpha value is -1.71. The number of nitrogens with one attached hydrogen (secondary N) is 2. The molecule has 7 nitrogen and oxygen atoms in total. The van der Waals surface area contributed by atoms with E-state index < -0.39 is 21.2 Å². The maximum atomic E-state index is 13.5. The molecular formula is C33H53N3O4S. The Kier molecular flexibility index (Phi) is 9.81. The third-order valence-electron chi connectivity index (χ3n) is 8.64. The minimum absolute atomic E-state index is 0.345. The van der Waals surface area contributed by atoms with Crippen LogP contribution in [0.5, 0.6) is 0 Å². The van der Waals surface area contributed by atoms with Crippen molar-refractivity contribution in [3.05, 3.63) is 41.1 Å². The largest absolute Gasteiger partial charge is 0.388 e. The van der Waals surface area contributed by atoms with Crippen LogP contribution in [0, 0.1) is 12.8 Å². The molecule has 2 aromatic rings. The number of hydrogen-bond acceptors (Lipinski definition) is 5. The first-order valence-electron chi connectivity index (χ1n) is 15.5. The second-order valence-electron chi connectivity index (χ2n) is 14.5. The van der Waals surface area contributed by atoms with Crippen LogP contribution in [0.2, 0.25) is 0 Å². The van der Waals surface area contributed by atoms with E-state index in [0.717, 1.165) is 23.4 Å². The van der Waals surface area contributed by atoms with Gasteiger partial charge in [0.25, 0.3) is 0 Å². The second-order valence-corrected chi connectivity index (χ2v) is 16.2. The zero-order chi connectivity index (χ0) is 30.1. The molecule has 1 aromatic heterocycles. The Labute approximate surface area is 248 Å². The van der Waals surface area contributed by atoms with Crippen molar-refractivity contribution in [1.29, 1.82) is 0 Å². The minimum Gasteiger partial charge on any atom is -0.388 e. The van der Waals surface area contributed by atoms with Crippen LogP contribution in [0.3, 0.4) is 0 Å². The molecule has 0 radical (unpaired) electrons. The summed E-state index contributed by atoms with van der Waals surface area (Å²) in [5.41, 5.74) is 3.79. The summed E-state index contributed by atoms with van der Waals surface area (Å²) in [4.78, 5) is 0.345. The monoisotopic (exact) mass is 587 g/mol. The summed E-state index contributed by atoms with van der Waals surface area (Å²) < 4.78 is 37.7. The van der Waals surface area contributed by atoms with Crippen molar-refractivity contribution >= 4 is 10.0 Å². The van der Waals surface area contributed by atoms with Gasteiger partial charge in [-0.1, -0.05) is 46.1 Å². The SMILES string of the molecule is Cc1c(CNCC2(O)CCOCC2)cc(-c2ccc(S(=O)(=O)NC(C)(C)C)c(C(C)(C)C)c2)n1CC1CCCCC1. The number of hydrogen-bond donors (Lipinski definition) is 3. The van der Waals surface area contributed by atoms with Crippen LogP contribution in [0.4, 0.5) is 0 Å². The highest BCUT2D eigenvalue weighted by Crippen LogP contribution is 2.36. The van der Waals surface area contributed by atoms with Crippen LogP contribution in [0.15, 0.2) is 29.2 Å².